The number of hydrogen-bond acceptors (Lipinski definition) is 2. The molecule has 19 heavy (non-hydrogen) atoms. The average Bonchev–Trinajstić information content (AvgIpc) is 2.40. The summed E-state index contributed by atoms with van der Waals surface area (Å²) in [4.78, 5) is 14.2. The molecule has 108 valence electrons. The number of benzene rings is 1. The number of nitrogens with one attached hydrogen (secondary N) is 1. The Morgan fingerprint density at radius 3 is 2.58 bits per heavy atom. The van der Waals surface area contributed by atoms with Gasteiger partial charge in [0.2, 0.25) is 0 Å². The number of likely N-dealkylation sites (tertiary alicyclic amines) is 1. The summed E-state index contributed by atoms with van der Waals surface area (Å²) in [7, 11) is 2.10. The maximum absolute atomic E-state index is 11.9. The van der Waals surface area contributed by atoms with Gasteiger partial charge in [-0.15, -0.1) is 0 Å². The Kier molecular flexibility index (Phi) is 7.19. The van der Waals surface area contributed by atoms with Gasteiger partial charge in [-0.1, -0.05) is 38.5 Å². The number of piperidine rings is 1. The molecule has 0 aromatic heterocycles. The number of carbonyl (C=O) groups is 1. The van der Waals surface area contributed by atoms with Gasteiger partial charge in [-0.25, -0.2) is 0 Å². The minimum atomic E-state index is 0. The number of hydrogen-bond donors (Lipinski definition) is 1. The molecule has 3 heteroatoms. The summed E-state index contributed by atoms with van der Waals surface area (Å²) < 4.78 is 0. The van der Waals surface area contributed by atoms with Crippen LogP contribution in [0.1, 0.15) is 44.9 Å². The monoisotopic (exact) mass is 264 g/mol. The van der Waals surface area contributed by atoms with Crippen LogP contribution in [0.25, 0.3) is 0 Å². The fraction of sp³-hybridized carbons (Fsp3) is 0.562. The van der Waals surface area contributed by atoms with E-state index < -0.39 is 0 Å². The molecule has 0 bridgehead atoms. The van der Waals surface area contributed by atoms with Gasteiger partial charge < -0.3 is 10.2 Å². The lowest BCUT2D eigenvalue weighted by atomic mass is 10.1. The van der Waals surface area contributed by atoms with E-state index in [1.54, 1.807) is 0 Å². The zero-order chi connectivity index (χ0) is 14.1. The van der Waals surface area contributed by atoms with E-state index >= 15 is 0 Å². The van der Waals surface area contributed by atoms with Crippen molar-refractivity contribution in [2.75, 3.05) is 20.1 Å². The van der Waals surface area contributed by atoms with Gasteiger partial charge in [0.25, 0.3) is 5.91 Å². The second-order valence-electron chi connectivity index (χ2n) is 5.15. The maximum atomic E-state index is 11.9. The molecule has 0 unspecified atom stereocenters. The third-order valence-corrected chi connectivity index (χ3v) is 3.00. The molecule has 0 radical (unpaired) electrons. The minimum Gasteiger partial charge on any atom is -0.348 e. The summed E-state index contributed by atoms with van der Waals surface area (Å²) >= 11 is 0. The van der Waals surface area contributed by atoms with Crippen LogP contribution in [0.3, 0.4) is 0 Å². The number of nitrogens with zero attached hydrogens (tertiary/aromatic N) is 1. The molecule has 1 amide bonds. The molecule has 3 nitrogen and oxygen atoms in total. The summed E-state index contributed by atoms with van der Waals surface area (Å²) in [6.45, 7) is 6.34. The van der Waals surface area contributed by atoms with Crippen LogP contribution in [0.2, 0.25) is 0 Å². The van der Waals surface area contributed by atoms with Gasteiger partial charge in [0, 0.05) is 19.6 Å². The van der Waals surface area contributed by atoms with E-state index in [4.69, 9.17) is 0 Å². The summed E-state index contributed by atoms with van der Waals surface area (Å²) in [5.74, 6) is 0.0425. The van der Waals surface area contributed by atoms with Crippen molar-refractivity contribution in [3.8, 4) is 0 Å². The van der Waals surface area contributed by atoms with Gasteiger partial charge in [0.15, 0.2) is 0 Å². The molecule has 1 aliphatic rings. The lowest BCUT2D eigenvalue weighted by Gasteiger charge is -2.30. The minimum absolute atomic E-state index is 0. The third kappa shape index (κ3) is 5.88. The van der Waals surface area contributed by atoms with Gasteiger partial charge in [-0.2, -0.15) is 0 Å². The van der Waals surface area contributed by atoms with Crippen molar-refractivity contribution in [1.29, 1.82) is 0 Å². The highest BCUT2D eigenvalue weighted by atomic mass is 16.1. The van der Waals surface area contributed by atoms with E-state index in [9.17, 15) is 4.79 Å². The van der Waals surface area contributed by atoms with Gasteiger partial charge in [-0.05, 0) is 38.6 Å². The lowest BCUT2D eigenvalue weighted by molar-refractivity contribution is 0.0912. The molecule has 1 N–H and O–H groups in total. The van der Waals surface area contributed by atoms with E-state index in [2.05, 4.69) is 31.1 Å². The summed E-state index contributed by atoms with van der Waals surface area (Å²) in [6, 6.07) is 9.70. The molecule has 1 aromatic rings. The summed E-state index contributed by atoms with van der Waals surface area (Å²) in [5.41, 5.74) is 0.746. The van der Waals surface area contributed by atoms with Crippen LogP contribution in [0.5, 0.6) is 0 Å². The average molecular weight is 264 g/mol. The van der Waals surface area contributed by atoms with Gasteiger partial charge in [0.1, 0.15) is 0 Å². The first kappa shape index (κ1) is 15.7. The Balaban J connectivity index is 0.000000830. The molecule has 1 atom stereocenters. The van der Waals surface area contributed by atoms with Crippen LogP contribution in [0.15, 0.2) is 30.3 Å². The van der Waals surface area contributed by atoms with Crippen molar-refractivity contribution in [1.82, 2.24) is 10.2 Å². The Bertz CT molecular complexity index is 370. The molecule has 0 spiro atoms. The topological polar surface area (TPSA) is 32.3 Å². The second kappa shape index (κ2) is 8.70. The Morgan fingerprint density at radius 2 is 2.00 bits per heavy atom. The zero-order valence-corrected chi connectivity index (χ0v) is 12.4. The summed E-state index contributed by atoms with van der Waals surface area (Å²) in [5, 5.41) is 3.08. The zero-order valence-electron chi connectivity index (χ0n) is 12.4. The molecule has 2 rings (SSSR count). The van der Waals surface area contributed by atoms with Crippen LogP contribution in [0, 0.1) is 0 Å². The standard InChI is InChI=1S/C13H18N2O.C3H8.H2/c1-15-9-5-8-12(10-15)14-13(16)11-6-3-2-4-7-11;1-3-2;/h2-4,6-7,12H,5,8-10H2,1H3,(H,14,16);3H2,1-2H3;1H/t12-;;/m1../s1. The fourth-order valence-electron chi connectivity index (χ4n) is 2.14. The molecule has 1 aliphatic heterocycles. The highest BCUT2D eigenvalue weighted by molar-refractivity contribution is 5.94. The number of amides is 1. The van der Waals surface area contributed by atoms with Crippen molar-refractivity contribution in [3.05, 3.63) is 35.9 Å². The predicted octanol–water partition coefficient (Wildman–Crippen LogP) is 3.17. The number of carbonyl (C=O) groups excluding carboxylic acids is 1. The van der Waals surface area contributed by atoms with E-state index in [0.717, 1.165) is 31.5 Å². The lowest BCUT2D eigenvalue weighted by Crippen LogP contribution is -2.46. The molecule has 0 saturated carbocycles. The van der Waals surface area contributed by atoms with E-state index in [0.29, 0.717) is 6.04 Å². The van der Waals surface area contributed by atoms with Crippen molar-refractivity contribution in [2.24, 2.45) is 0 Å². The number of rotatable bonds is 2. The van der Waals surface area contributed by atoms with Crippen LogP contribution in [-0.2, 0) is 0 Å². The quantitative estimate of drug-likeness (QED) is 0.890. The van der Waals surface area contributed by atoms with E-state index in [1.807, 2.05) is 30.3 Å². The Morgan fingerprint density at radius 1 is 1.37 bits per heavy atom. The first-order valence-electron chi connectivity index (χ1n) is 7.21. The van der Waals surface area contributed by atoms with E-state index in [-0.39, 0.29) is 7.33 Å². The molecule has 0 aliphatic carbocycles. The third-order valence-electron chi connectivity index (χ3n) is 3.00. The van der Waals surface area contributed by atoms with Crippen LogP contribution >= 0.6 is 0 Å². The number of likely N-dealkylation sites (N-methyl/N-ethyl adjacent to an activating group) is 1. The van der Waals surface area contributed by atoms with Crippen molar-refractivity contribution in [3.63, 3.8) is 0 Å². The van der Waals surface area contributed by atoms with Gasteiger partial charge in [-0.3, -0.25) is 4.79 Å². The Labute approximate surface area is 118 Å². The van der Waals surface area contributed by atoms with Crippen molar-refractivity contribution in [2.45, 2.75) is 39.2 Å². The van der Waals surface area contributed by atoms with Crippen molar-refractivity contribution >= 4 is 5.91 Å². The Hall–Kier alpha value is -1.35. The largest absolute Gasteiger partial charge is 0.348 e. The highest BCUT2D eigenvalue weighted by Gasteiger charge is 2.19. The molecular formula is C16H28N2O. The molecule has 1 saturated heterocycles. The molecule has 1 aromatic carbocycles. The van der Waals surface area contributed by atoms with Gasteiger partial charge in [0.05, 0.1) is 0 Å². The van der Waals surface area contributed by atoms with Crippen LogP contribution in [0.4, 0.5) is 0 Å². The first-order valence-corrected chi connectivity index (χ1v) is 7.21. The molecule has 1 fully saturated rings. The first-order chi connectivity index (χ1) is 9.17. The van der Waals surface area contributed by atoms with Gasteiger partial charge >= 0.3 is 0 Å². The predicted molar refractivity (Wildman–Crippen MR) is 82.5 cm³/mol. The van der Waals surface area contributed by atoms with Crippen LogP contribution in [-0.4, -0.2) is 37.0 Å². The maximum Gasteiger partial charge on any atom is 0.251 e. The second-order valence-corrected chi connectivity index (χ2v) is 5.15. The highest BCUT2D eigenvalue weighted by Crippen LogP contribution is 2.09. The summed E-state index contributed by atoms with van der Waals surface area (Å²) in [6.07, 6.45) is 3.50. The van der Waals surface area contributed by atoms with E-state index in [1.165, 1.54) is 6.42 Å². The fourth-order valence-corrected chi connectivity index (χ4v) is 2.14. The SMILES string of the molecule is CCC.CN1CCC[C@@H](NC(=O)c2ccccc2)C1.[HH]. The van der Waals surface area contributed by atoms with Crippen LogP contribution < -0.4 is 5.32 Å². The normalized spacial score (nSPS) is 19.2. The molecule has 1 heterocycles. The molecular weight excluding hydrogens is 236 g/mol. The smallest absolute Gasteiger partial charge is 0.251 e. The van der Waals surface area contributed by atoms with Crippen molar-refractivity contribution < 1.29 is 6.22 Å².